The summed E-state index contributed by atoms with van der Waals surface area (Å²) in [4.78, 5) is 1.15. The van der Waals surface area contributed by atoms with Crippen LogP contribution in [0.2, 0.25) is 13.1 Å². The first-order valence-electron chi connectivity index (χ1n) is 6.67. The Morgan fingerprint density at radius 1 is 1.18 bits per heavy atom. The highest BCUT2D eigenvalue weighted by molar-refractivity contribution is 9.12. The standard InChI is InChI=1S/C13H26Br2OSi/c1-13(2,3)12(16-17(4)5)9-7-6-8-10(14)11(9)15/h9-12,17H,6-8H2,1-5H3. The van der Waals surface area contributed by atoms with Gasteiger partial charge in [0.05, 0.1) is 6.10 Å². The molecule has 4 heteroatoms. The van der Waals surface area contributed by atoms with Crippen molar-refractivity contribution < 1.29 is 4.43 Å². The van der Waals surface area contributed by atoms with E-state index < -0.39 is 9.04 Å². The molecule has 102 valence electrons. The van der Waals surface area contributed by atoms with Crippen molar-refractivity contribution in [1.29, 1.82) is 0 Å². The van der Waals surface area contributed by atoms with Gasteiger partial charge in [-0.15, -0.1) is 0 Å². The van der Waals surface area contributed by atoms with Crippen LogP contribution in [0, 0.1) is 11.3 Å². The molecule has 4 atom stereocenters. The predicted octanol–water partition coefficient (Wildman–Crippen LogP) is 4.73. The predicted molar refractivity (Wildman–Crippen MR) is 86.0 cm³/mol. The van der Waals surface area contributed by atoms with E-state index >= 15 is 0 Å². The van der Waals surface area contributed by atoms with E-state index in [1.165, 1.54) is 19.3 Å². The third-order valence-electron chi connectivity index (χ3n) is 3.43. The molecule has 0 aromatic carbocycles. The molecule has 1 aliphatic rings. The second kappa shape index (κ2) is 6.53. The smallest absolute Gasteiger partial charge is 0.171 e. The Hall–Kier alpha value is 1.14. The molecule has 0 amide bonds. The van der Waals surface area contributed by atoms with Gasteiger partial charge in [-0.25, -0.2) is 0 Å². The lowest BCUT2D eigenvalue weighted by molar-refractivity contribution is 0.0226. The highest BCUT2D eigenvalue weighted by Crippen LogP contribution is 2.42. The zero-order valence-electron chi connectivity index (χ0n) is 11.7. The van der Waals surface area contributed by atoms with Crippen LogP contribution < -0.4 is 0 Å². The van der Waals surface area contributed by atoms with Gasteiger partial charge in [-0.2, -0.15) is 0 Å². The number of rotatable bonds is 3. The summed E-state index contributed by atoms with van der Waals surface area (Å²) in [5.41, 5.74) is 0.234. The zero-order chi connectivity index (χ0) is 13.2. The van der Waals surface area contributed by atoms with Crippen molar-refractivity contribution in [1.82, 2.24) is 0 Å². The van der Waals surface area contributed by atoms with Crippen molar-refractivity contribution in [3.63, 3.8) is 0 Å². The van der Waals surface area contributed by atoms with Gasteiger partial charge in [0, 0.05) is 9.65 Å². The molecule has 0 spiro atoms. The van der Waals surface area contributed by atoms with E-state index in [9.17, 15) is 0 Å². The quantitative estimate of drug-likeness (QED) is 0.504. The number of hydrogen-bond donors (Lipinski definition) is 0. The van der Waals surface area contributed by atoms with Gasteiger partial charge in [-0.05, 0) is 37.3 Å². The van der Waals surface area contributed by atoms with E-state index in [1.807, 2.05) is 0 Å². The van der Waals surface area contributed by atoms with Gasteiger partial charge in [0.15, 0.2) is 9.04 Å². The molecule has 1 aliphatic carbocycles. The molecule has 0 N–H and O–H groups in total. The monoisotopic (exact) mass is 384 g/mol. The summed E-state index contributed by atoms with van der Waals surface area (Å²) >= 11 is 7.70. The Labute approximate surface area is 125 Å². The Morgan fingerprint density at radius 3 is 2.24 bits per heavy atom. The Bertz CT molecular complexity index is 240. The van der Waals surface area contributed by atoms with E-state index in [4.69, 9.17) is 4.43 Å². The lowest BCUT2D eigenvalue weighted by atomic mass is 9.75. The van der Waals surface area contributed by atoms with Gasteiger partial charge in [0.25, 0.3) is 0 Å². The fourth-order valence-corrected chi connectivity index (χ4v) is 5.41. The van der Waals surface area contributed by atoms with Crippen LogP contribution in [0.5, 0.6) is 0 Å². The lowest BCUT2D eigenvalue weighted by Gasteiger charge is -2.44. The molecule has 4 unspecified atom stereocenters. The molecule has 0 aromatic heterocycles. The Balaban J connectivity index is 2.81. The molecule has 0 heterocycles. The molecule has 1 nitrogen and oxygen atoms in total. The van der Waals surface area contributed by atoms with Crippen molar-refractivity contribution in [2.45, 2.75) is 68.9 Å². The topological polar surface area (TPSA) is 9.23 Å². The molecule has 0 bridgehead atoms. The summed E-state index contributed by atoms with van der Waals surface area (Å²) < 4.78 is 6.36. The summed E-state index contributed by atoms with van der Waals surface area (Å²) in [6, 6.07) is 0. The van der Waals surface area contributed by atoms with Crippen LogP contribution in [0.25, 0.3) is 0 Å². The Kier molecular flexibility index (Phi) is 6.22. The molecule has 0 aromatic rings. The molecular formula is C13H26Br2OSi. The van der Waals surface area contributed by atoms with Gasteiger partial charge in [-0.3, -0.25) is 0 Å². The van der Waals surface area contributed by atoms with E-state index in [-0.39, 0.29) is 5.41 Å². The van der Waals surface area contributed by atoms with Gasteiger partial charge >= 0.3 is 0 Å². The number of halogens is 2. The highest BCUT2D eigenvalue weighted by Gasteiger charge is 2.41. The van der Waals surface area contributed by atoms with E-state index in [0.29, 0.717) is 21.7 Å². The zero-order valence-corrected chi connectivity index (χ0v) is 16.0. The normalized spacial score (nSPS) is 32.8. The minimum absolute atomic E-state index is 0.234. The maximum Gasteiger partial charge on any atom is 0.171 e. The summed E-state index contributed by atoms with van der Waals surface area (Å²) in [5.74, 6) is 0.642. The van der Waals surface area contributed by atoms with Crippen LogP contribution in [-0.2, 0) is 4.43 Å². The maximum absolute atomic E-state index is 6.36. The molecule has 1 saturated carbocycles. The fraction of sp³-hybridized carbons (Fsp3) is 1.00. The van der Waals surface area contributed by atoms with Gasteiger partial charge in [0.2, 0.25) is 0 Å². The molecule has 17 heavy (non-hydrogen) atoms. The van der Waals surface area contributed by atoms with Crippen LogP contribution >= 0.6 is 31.9 Å². The van der Waals surface area contributed by atoms with E-state index in [0.717, 1.165) is 0 Å². The SMILES string of the molecule is C[SiH](C)OC(C1CCCC(Br)C1Br)C(C)(C)C. The van der Waals surface area contributed by atoms with Gasteiger partial charge in [0.1, 0.15) is 0 Å². The molecule has 0 aliphatic heterocycles. The van der Waals surface area contributed by atoms with Crippen LogP contribution in [-0.4, -0.2) is 24.8 Å². The van der Waals surface area contributed by atoms with Crippen molar-refractivity contribution in [3.8, 4) is 0 Å². The summed E-state index contributed by atoms with van der Waals surface area (Å²) in [6.45, 7) is 11.5. The summed E-state index contributed by atoms with van der Waals surface area (Å²) in [5, 5.41) is 0. The molecule has 1 fully saturated rings. The average molecular weight is 386 g/mol. The van der Waals surface area contributed by atoms with Crippen LogP contribution in [0.3, 0.4) is 0 Å². The lowest BCUT2D eigenvalue weighted by Crippen LogP contribution is -2.46. The third-order valence-corrected chi connectivity index (χ3v) is 7.32. The highest BCUT2D eigenvalue weighted by atomic mass is 79.9. The molecule has 1 rings (SSSR count). The maximum atomic E-state index is 6.36. The van der Waals surface area contributed by atoms with Crippen LogP contribution in [0.4, 0.5) is 0 Å². The minimum Gasteiger partial charge on any atom is -0.417 e. The largest absolute Gasteiger partial charge is 0.417 e. The summed E-state index contributed by atoms with van der Waals surface area (Å²) in [6.07, 6.45) is 4.28. The number of alkyl halides is 2. The van der Waals surface area contributed by atoms with Crippen LogP contribution in [0.15, 0.2) is 0 Å². The second-order valence-electron chi connectivity index (χ2n) is 6.53. The van der Waals surface area contributed by atoms with Gasteiger partial charge < -0.3 is 4.43 Å². The second-order valence-corrected chi connectivity index (χ2v) is 11.1. The summed E-state index contributed by atoms with van der Waals surface area (Å²) in [7, 11) is -0.983. The first-order chi connectivity index (χ1) is 7.73. The third kappa shape index (κ3) is 4.63. The first kappa shape index (κ1) is 16.2. The average Bonchev–Trinajstić information content (AvgIpc) is 2.17. The minimum atomic E-state index is -0.983. The van der Waals surface area contributed by atoms with Crippen molar-refractivity contribution in [2.24, 2.45) is 11.3 Å². The van der Waals surface area contributed by atoms with Crippen molar-refractivity contribution in [2.75, 3.05) is 0 Å². The Morgan fingerprint density at radius 2 is 1.76 bits per heavy atom. The van der Waals surface area contributed by atoms with Gasteiger partial charge in [-0.1, -0.05) is 59.1 Å². The van der Waals surface area contributed by atoms with Crippen molar-refractivity contribution >= 4 is 40.9 Å². The van der Waals surface area contributed by atoms with Crippen molar-refractivity contribution in [3.05, 3.63) is 0 Å². The molecule has 0 saturated heterocycles. The number of hydrogen-bond acceptors (Lipinski definition) is 1. The van der Waals surface area contributed by atoms with E-state index in [2.05, 4.69) is 65.7 Å². The first-order valence-corrected chi connectivity index (χ1v) is 11.3. The van der Waals surface area contributed by atoms with E-state index in [1.54, 1.807) is 0 Å². The molecule has 0 radical (unpaired) electrons. The fourth-order valence-electron chi connectivity index (χ4n) is 2.69. The van der Waals surface area contributed by atoms with Crippen LogP contribution in [0.1, 0.15) is 40.0 Å². The molecular weight excluding hydrogens is 360 g/mol.